The van der Waals surface area contributed by atoms with Crippen LogP contribution in [0.2, 0.25) is 0 Å². The Kier molecular flexibility index (Phi) is 6.75. The summed E-state index contributed by atoms with van der Waals surface area (Å²) in [6.45, 7) is 7.17. The number of rotatable bonds is 7. The van der Waals surface area contributed by atoms with Gasteiger partial charge in [-0.15, -0.1) is 0 Å². The highest BCUT2D eigenvalue weighted by Crippen LogP contribution is 2.15. The van der Waals surface area contributed by atoms with Crippen LogP contribution in [0.25, 0.3) is 0 Å². The average molecular weight is 338 g/mol. The normalized spacial score (nSPS) is 10.6. The van der Waals surface area contributed by atoms with E-state index in [4.69, 9.17) is 0 Å². The maximum Gasteiger partial charge on any atom is 0.254 e. The highest BCUT2D eigenvalue weighted by atomic mass is 16.2. The fraction of sp³-hybridized carbons (Fsp3) is 0.333. The molecular formula is C21H26N2O2. The first-order valence-corrected chi connectivity index (χ1v) is 8.76. The average Bonchev–Trinajstić information content (AvgIpc) is 2.64. The molecule has 25 heavy (non-hydrogen) atoms. The molecule has 0 aliphatic heterocycles. The zero-order chi connectivity index (χ0) is 18.2. The summed E-state index contributed by atoms with van der Waals surface area (Å²) in [5, 5.41) is 2.84. The van der Waals surface area contributed by atoms with Crippen molar-refractivity contribution in [1.29, 1.82) is 0 Å². The Bertz CT molecular complexity index is 711. The van der Waals surface area contributed by atoms with Crippen molar-refractivity contribution >= 4 is 11.8 Å². The third-order valence-electron chi connectivity index (χ3n) is 3.99. The van der Waals surface area contributed by atoms with Crippen LogP contribution in [0.5, 0.6) is 0 Å². The quantitative estimate of drug-likeness (QED) is 0.833. The van der Waals surface area contributed by atoms with Crippen molar-refractivity contribution in [2.75, 3.05) is 6.54 Å². The number of nitrogens with one attached hydrogen (secondary N) is 1. The van der Waals surface area contributed by atoms with Crippen LogP contribution in [0.3, 0.4) is 0 Å². The summed E-state index contributed by atoms with van der Waals surface area (Å²) >= 11 is 0. The molecule has 0 unspecified atom stereocenters. The highest BCUT2D eigenvalue weighted by molar-refractivity contribution is 5.99. The second kappa shape index (κ2) is 9.02. The van der Waals surface area contributed by atoms with Crippen molar-refractivity contribution in [2.45, 2.75) is 39.8 Å². The molecular weight excluding hydrogens is 312 g/mol. The van der Waals surface area contributed by atoms with Crippen LogP contribution in [-0.2, 0) is 6.54 Å². The summed E-state index contributed by atoms with van der Waals surface area (Å²) in [5.74, 6) is -0.209. The summed E-state index contributed by atoms with van der Waals surface area (Å²) in [7, 11) is 0. The Morgan fingerprint density at radius 1 is 1.00 bits per heavy atom. The molecule has 2 amide bonds. The Morgan fingerprint density at radius 3 is 2.32 bits per heavy atom. The predicted molar refractivity (Wildman–Crippen MR) is 101 cm³/mol. The van der Waals surface area contributed by atoms with E-state index < -0.39 is 0 Å². The minimum Gasteiger partial charge on any atom is -0.352 e. The second-order valence-electron chi connectivity index (χ2n) is 6.35. The highest BCUT2D eigenvalue weighted by Gasteiger charge is 2.20. The number of amides is 2. The fourth-order valence-corrected chi connectivity index (χ4v) is 2.57. The van der Waals surface area contributed by atoms with Gasteiger partial charge in [-0.05, 0) is 44.0 Å². The maximum absolute atomic E-state index is 13.0. The lowest BCUT2D eigenvalue weighted by molar-refractivity contribution is 0.0690. The lowest BCUT2D eigenvalue weighted by Crippen LogP contribution is -2.36. The van der Waals surface area contributed by atoms with Crippen LogP contribution in [0.15, 0.2) is 54.6 Å². The molecule has 0 heterocycles. The minimum absolute atomic E-state index is 0.0604. The third-order valence-corrected chi connectivity index (χ3v) is 3.99. The van der Waals surface area contributed by atoms with Crippen LogP contribution in [0.1, 0.15) is 53.5 Å². The Hall–Kier alpha value is -2.62. The molecule has 132 valence electrons. The summed E-state index contributed by atoms with van der Waals surface area (Å²) in [5.41, 5.74) is 2.14. The van der Waals surface area contributed by atoms with Crippen molar-refractivity contribution in [2.24, 2.45) is 0 Å². The molecule has 2 rings (SSSR count). The van der Waals surface area contributed by atoms with Crippen molar-refractivity contribution in [1.82, 2.24) is 10.2 Å². The molecule has 0 spiro atoms. The van der Waals surface area contributed by atoms with Gasteiger partial charge in [-0.3, -0.25) is 9.59 Å². The monoisotopic (exact) mass is 338 g/mol. The van der Waals surface area contributed by atoms with Crippen molar-refractivity contribution in [3.8, 4) is 0 Å². The molecule has 0 aromatic heterocycles. The van der Waals surface area contributed by atoms with Gasteiger partial charge in [-0.2, -0.15) is 0 Å². The summed E-state index contributed by atoms with van der Waals surface area (Å²) in [6, 6.07) is 16.9. The van der Waals surface area contributed by atoms with E-state index in [0.29, 0.717) is 24.2 Å². The Labute approximate surface area is 149 Å². The molecule has 0 radical (unpaired) electrons. The van der Waals surface area contributed by atoms with Crippen LogP contribution in [-0.4, -0.2) is 29.3 Å². The Morgan fingerprint density at radius 2 is 1.68 bits per heavy atom. The summed E-state index contributed by atoms with van der Waals surface area (Å²) in [6.07, 6.45) is 0.878. The molecule has 0 aliphatic rings. The number of benzene rings is 2. The van der Waals surface area contributed by atoms with E-state index >= 15 is 0 Å². The maximum atomic E-state index is 13.0. The van der Waals surface area contributed by atoms with Crippen molar-refractivity contribution < 1.29 is 9.59 Å². The summed E-state index contributed by atoms with van der Waals surface area (Å²) < 4.78 is 0. The van der Waals surface area contributed by atoms with Gasteiger partial charge in [0.05, 0.1) is 0 Å². The van der Waals surface area contributed by atoms with Gasteiger partial charge in [0.2, 0.25) is 0 Å². The van der Waals surface area contributed by atoms with E-state index in [-0.39, 0.29) is 17.9 Å². The summed E-state index contributed by atoms with van der Waals surface area (Å²) in [4.78, 5) is 26.9. The Balaban J connectivity index is 2.20. The smallest absolute Gasteiger partial charge is 0.254 e. The number of carbonyl (C=O) groups is 2. The standard InChI is InChI=1S/C21H26N2O2/c1-4-13-22-20(24)18-11-8-12-19(14-18)21(25)23(16(2)3)15-17-9-6-5-7-10-17/h5-12,14,16H,4,13,15H2,1-3H3,(H,22,24). The van der Waals surface area contributed by atoms with E-state index in [1.807, 2.05) is 56.0 Å². The van der Waals surface area contributed by atoms with Crippen molar-refractivity contribution in [3.05, 3.63) is 71.3 Å². The zero-order valence-electron chi connectivity index (χ0n) is 15.2. The first-order valence-electron chi connectivity index (χ1n) is 8.76. The van der Waals surface area contributed by atoms with Gasteiger partial charge >= 0.3 is 0 Å². The van der Waals surface area contributed by atoms with Gasteiger partial charge in [-0.25, -0.2) is 0 Å². The van der Waals surface area contributed by atoms with Crippen LogP contribution in [0, 0.1) is 0 Å². The van der Waals surface area contributed by atoms with Gasteiger partial charge in [0, 0.05) is 30.3 Å². The van der Waals surface area contributed by atoms with E-state index in [2.05, 4.69) is 5.32 Å². The molecule has 4 nitrogen and oxygen atoms in total. The van der Waals surface area contributed by atoms with Crippen molar-refractivity contribution in [3.63, 3.8) is 0 Å². The van der Waals surface area contributed by atoms with E-state index in [9.17, 15) is 9.59 Å². The van der Waals surface area contributed by atoms with E-state index in [0.717, 1.165) is 12.0 Å². The number of nitrogens with zero attached hydrogens (tertiary/aromatic N) is 1. The molecule has 4 heteroatoms. The lowest BCUT2D eigenvalue weighted by Gasteiger charge is -2.27. The molecule has 2 aromatic rings. The van der Waals surface area contributed by atoms with E-state index in [1.54, 1.807) is 24.3 Å². The van der Waals surface area contributed by atoms with Gasteiger partial charge in [0.15, 0.2) is 0 Å². The molecule has 2 aromatic carbocycles. The largest absolute Gasteiger partial charge is 0.352 e. The molecule has 0 aliphatic carbocycles. The second-order valence-corrected chi connectivity index (χ2v) is 6.35. The first kappa shape index (κ1) is 18.7. The van der Waals surface area contributed by atoms with Crippen LogP contribution < -0.4 is 5.32 Å². The molecule has 0 atom stereocenters. The third kappa shape index (κ3) is 5.18. The minimum atomic E-state index is -0.143. The first-order chi connectivity index (χ1) is 12.0. The van der Waals surface area contributed by atoms with Gasteiger partial charge in [0.25, 0.3) is 11.8 Å². The van der Waals surface area contributed by atoms with Crippen LogP contribution >= 0.6 is 0 Å². The predicted octanol–water partition coefficient (Wildman–Crippen LogP) is 3.88. The molecule has 0 fully saturated rings. The molecule has 0 saturated carbocycles. The topological polar surface area (TPSA) is 49.4 Å². The molecule has 0 bridgehead atoms. The van der Waals surface area contributed by atoms with E-state index in [1.165, 1.54) is 0 Å². The lowest BCUT2D eigenvalue weighted by atomic mass is 10.1. The van der Waals surface area contributed by atoms with Gasteiger partial charge in [-0.1, -0.05) is 43.3 Å². The number of carbonyl (C=O) groups excluding carboxylic acids is 2. The molecule has 1 N–H and O–H groups in total. The zero-order valence-corrected chi connectivity index (χ0v) is 15.2. The van der Waals surface area contributed by atoms with Gasteiger partial charge in [0.1, 0.15) is 0 Å². The SMILES string of the molecule is CCCNC(=O)c1cccc(C(=O)N(Cc2ccccc2)C(C)C)c1. The molecule has 0 saturated heterocycles. The van der Waals surface area contributed by atoms with Crippen LogP contribution in [0.4, 0.5) is 0 Å². The van der Waals surface area contributed by atoms with Gasteiger partial charge < -0.3 is 10.2 Å². The number of hydrogen-bond acceptors (Lipinski definition) is 2. The fourth-order valence-electron chi connectivity index (χ4n) is 2.57. The number of hydrogen-bond donors (Lipinski definition) is 1.